The number of anilines is 2. The summed E-state index contributed by atoms with van der Waals surface area (Å²) in [5.74, 6) is 0.288. The molecule has 1 amide bonds. The van der Waals surface area contributed by atoms with Gasteiger partial charge in [-0.1, -0.05) is 6.07 Å². The number of H-pyrrole nitrogens is 1. The first kappa shape index (κ1) is 23.3. The van der Waals surface area contributed by atoms with Gasteiger partial charge in [-0.3, -0.25) is 14.6 Å². The van der Waals surface area contributed by atoms with E-state index in [9.17, 15) is 13.2 Å². The molecule has 4 aromatic rings. The van der Waals surface area contributed by atoms with Crippen molar-refractivity contribution in [3.05, 3.63) is 71.7 Å². The molecule has 0 unspecified atom stereocenters. The summed E-state index contributed by atoms with van der Waals surface area (Å²) < 4.78 is 39.3. The lowest BCUT2D eigenvalue weighted by Gasteiger charge is -2.14. The Balaban J connectivity index is 1.54. The van der Waals surface area contributed by atoms with Crippen LogP contribution >= 0.6 is 11.3 Å². The third-order valence-corrected chi connectivity index (χ3v) is 7.03. The van der Waals surface area contributed by atoms with Crippen LogP contribution in [0.15, 0.2) is 70.9 Å². The Kier molecular flexibility index (Phi) is 6.85. The van der Waals surface area contributed by atoms with Crippen LogP contribution in [0.25, 0.3) is 10.6 Å². The number of nitrogens with zero attached hydrogens (tertiary/aromatic N) is 1. The van der Waals surface area contributed by atoms with Crippen LogP contribution in [0.1, 0.15) is 17.4 Å². The Bertz CT molecular complexity index is 1380. The van der Waals surface area contributed by atoms with Gasteiger partial charge in [0.15, 0.2) is 5.69 Å². The molecule has 2 aromatic carbocycles. The average molecular weight is 499 g/mol. The maximum Gasteiger partial charge on any atom is 0.276 e. The highest BCUT2D eigenvalue weighted by Gasteiger charge is 2.22. The van der Waals surface area contributed by atoms with Crippen molar-refractivity contribution in [2.24, 2.45) is 0 Å². The largest absolute Gasteiger partial charge is 0.495 e. The minimum Gasteiger partial charge on any atom is -0.495 e. The van der Waals surface area contributed by atoms with Crippen molar-refractivity contribution in [3.8, 4) is 22.1 Å². The molecule has 9 nitrogen and oxygen atoms in total. The number of methoxy groups -OCH3 is 1. The number of thiophene rings is 1. The molecule has 0 bridgehead atoms. The second kappa shape index (κ2) is 9.98. The summed E-state index contributed by atoms with van der Waals surface area (Å²) in [6.07, 6.45) is 0. The molecule has 0 atom stereocenters. The number of benzene rings is 2. The van der Waals surface area contributed by atoms with Crippen molar-refractivity contribution in [2.45, 2.75) is 11.8 Å². The van der Waals surface area contributed by atoms with E-state index in [1.54, 1.807) is 36.4 Å². The number of rotatable bonds is 9. The molecule has 34 heavy (non-hydrogen) atoms. The van der Waals surface area contributed by atoms with Crippen molar-refractivity contribution >= 4 is 38.6 Å². The van der Waals surface area contributed by atoms with Crippen molar-refractivity contribution in [1.29, 1.82) is 0 Å². The van der Waals surface area contributed by atoms with Crippen molar-refractivity contribution in [3.63, 3.8) is 0 Å². The quantitative estimate of drug-likeness (QED) is 0.310. The number of amides is 1. The van der Waals surface area contributed by atoms with Gasteiger partial charge in [0.05, 0.1) is 24.3 Å². The van der Waals surface area contributed by atoms with Crippen LogP contribution in [0.5, 0.6) is 11.5 Å². The number of carbonyl (C=O) groups excluding carboxylic acids is 1. The van der Waals surface area contributed by atoms with Gasteiger partial charge in [0.2, 0.25) is 0 Å². The lowest BCUT2D eigenvalue weighted by Crippen LogP contribution is -2.16. The Morgan fingerprint density at radius 3 is 2.53 bits per heavy atom. The number of aromatic amines is 1. The smallest absolute Gasteiger partial charge is 0.276 e. The van der Waals surface area contributed by atoms with Gasteiger partial charge in [0, 0.05) is 11.4 Å². The molecule has 4 rings (SSSR count). The van der Waals surface area contributed by atoms with Gasteiger partial charge in [0.1, 0.15) is 16.4 Å². The molecule has 3 N–H and O–H groups in total. The highest BCUT2D eigenvalue weighted by atomic mass is 32.2. The van der Waals surface area contributed by atoms with Crippen LogP contribution in [0.3, 0.4) is 0 Å². The van der Waals surface area contributed by atoms with Gasteiger partial charge in [0.25, 0.3) is 15.9 Å². The molecule has 0 aliphatic rings. The molecule has 0 radical (unpaired) electrons. The molecule has 0 saturated carbocycles. The summed E-state index contributed by atoms with van der Waals surface area (Å²) in [6.45, 7) is 2.37. The van der Waals surface area contributed by atoms with E-state index in [-0.39, 0.29) is 22.0 Å². The first-order valence-corrected chi connectivity index (χ1v) is 12.6. The first-order valence-electron chi connectivity index (χ1n) is 10.2. The zero-order valence-electron chi connectivity index (χ0n) is 18.4. The Labute approximate surface area is 200 Å². The van der Waals surface area contributed by atoms with E-state index in [1.165, 1.54) is 30.6 Å². The fraction of sp³-hybridized carbons (Fsp3) is 0.130. The second-order valence-electron chi connectivity index (χ2n) is 7.03. The SMILES string of the molecule is CCOc1ccc(NS(=O)(=O)c2cc(NC(=O)c3cc(-c4cccs4)[nH]n3)ccc2OC)cc1. The van der Waals surface area contributed by atoms with Gasteiger partial charge in [-0.15, -0.1) is 11.3 Å². The molecule has 0 spiro atoms. The summed E-state index contributed by atoms with van der Waals surface area (Å²) in [4.78, 5) is 13.5. The normalized spacial score (nSPS) is 11.1. The van der Waals surface area contributed by atoms with Crippen LogP contribution in [0.4, 0.5) is 11.4 Å². The van der Waals surface area contributed by atoms with Crippen LogP contribution in [-0.2, 0) is 10.0 Å². The minimum absolute atomic E-state index is 0.122. The van der Waals surface area contributed by atoms with E-state index in [0.29, 0.717) is 18.0 Å². The van der Waals surface area contributed by atoms with E-state index in [1.807, 2.05) is 24.4 Å². The van der Waals surface area contributed by atoms with E-state index < -0.39 is 15.9 Å². The number of nitrogens with one attached hydrogen (secondary N) is 3. The molecule has 0 saturated heterocycles. The Morgan fingerprint density at radius 1 is 1.09 bits per heavy atom. The topological polar surface area (TPSA) is 122 Å². The molecule has 0 aliphatic carbocycles. The van der Waals surface area contributed by atoms with Crippen LogP contribution < -0.4 is 19.5 Å². The third-order valence-electron chi connectivity index (χ3n) is 4.73. The number of carbonyl (C=O) groups is 1. The number of ether oxygens (including phenoxy) is 2. The molecular formula is C23H22N4O5S2. The minimum atomic E-state index is -4.02. The molecular weight excluding hydrogens is 476 g/mol. The van der Waals surface area contributed by atoms with E-state index >= 15 is 0 Å². The summed E-state index contributed by atoms with van der Waals surface area (Å²) in [5.41, 5.74) is 1.53. The second-order valence-corrected chi connectivity index (χ2v) is 9.63. The van der Waals surface area contributed by atoms with E-state index in [4.69, 9.17) is 9.47 Å². The van der Waals surface area contributed by atoms with Gasteiger partial charge in [-0.2, -0.15) is 5.10 Å². The number of hydrogen-bond acceptors (Lipinski definition) is 7. The van der Waals surface area contributed by atoms with Gasteiger partial charge in [-0.05, 0) is 66.9 Å². The summed E-state index contributed by atoms with van der Waals surface area (Å²) in [7, 11) is -2.64. The average Bonchev–Trinajstić information content (AvgIpc) is 3.52. The maximum atomic E-state index is 13.1. The molecule has 176 valence electrons. The molecule has 2 aromatic heterocycles. The Morgan fingerprint density at radius 2 is 1.85 bits per heavy atom. The fourth-order valence-electron chi connectivity index (χ4n) is 3.15. The van der Waals surface area contributed by atoms with Crippen molar-refractivity contribution < 1.29 is 22.7 Å². The van der Waals surface area contributed by atoms with Crippen LogP contribution in [0.2, 0.25) is 0 Å². The predicted octanol–water partition coefficient (Wildman–Crippen LogP) is 4.60. The monoisotopic (exact) mass is 498 g/mol. The van der Waals surface area contributed by atoms with Crippen molar-refractivity contribution in [1.82, 2.24) is 10.2 Å². The first-order chi connectivity index (χ1) is 16.4. The molecule has 0 aliphatic heterocycles. The maximum absolute atomic E-state index is 13.1. The van der Waals surface area contributed by atoms with Crippen molar-refractivity contribution in [2.75, 3.05) is 23.8 Å². The lowest BCUT2D eigenvalue weighted by molar-refractivity contribution is 0.102. The molecule has 11 heteroatoms. The van der Waals surface area contributed by atoms with Gasteiger partial charge in [-0.25, -0.2) is 8.42 Å². The number of hydrogen-bond donors (Lipinski definition) is 3. The third kappa shape index (κ3) is 5.21. The standard InChI is InChI=1S/C23H22N4O5S2/c1-3-32-17-9-6-15(7-10-17)27-34(29,30)22-13-16(8-11-20(22)31-2)24-23(28)19-14-18(25-26-19)21-5-4-12-33-21/h4-14,27H,3H2,1-2H3,(H,24,28)(H,25,26). The molecule has 2 heterocycles. The molecule has 0 fully saturated rings. The summed E-state index contributed by atoms with van der Waals surface area (Å²) >= 11 is 1.52. The summed E-state index contributed by atoms with van der Waals surface area (Å²) in [6, 6.07) is 16.4. The number of aromatic nitrogens is 2. The van der Waals surface area contributed by atoms with E-state index in [2.05, 4.69) is 20.2 Å². The predicted molar refractivity (Wildman–Crippen MR) is 131 cm³/mol. The highest BCUT2D eigenvalue weighted by Crippen LogP contribution is 2.30. The highest BCUT2D eigenvalue weighted by molar-refractivity contribution is 7.92. The number of sulfonamides is 1. The Hall–Kier alpha value is -3.83. The zero-order chi connectivity index (χ0) is 24.1. The van der Waals surface area contributed by atoms with Crippen LogP contribution in [-0.4, -0.2) is 38.2 Å². The van der Waals surface area contributed by atoms with Gasteiger partial charge < -0.3 is 14.8 Å². The lowest BCUT2D eigenvalue weighted by atomic mass is 10.2. The van der Waals surface area contributed by atoms with E-state index in [0.717, 1.165) is 10.6 Å². The summed E-state index contributed by atoms with van der Waals surface area (Å²) in [5, 5.41) is 11.5. The van der Waals surface area contributed by atoms with Gasteiger partial charge >= 0.3 is 0 Å². The zero-order valence-corrected chi connectivity index (χ0v) is 20.0. The van der Waals surface area contributed by atoms with Crippen LogP contribution in [0, 0.1) is 0 Å². The fourth-order valence-corrected chi connectivity index (χ4v) is 5.10.